The molecule has 1 radical (unpaired) electrons. The first-order valence-electron chi connectivity index (χ1n) is 7.97. The maximum atomic E-state index is 11.3. The number of nitrogens with two attached hydrogens (primary N) is 1. The average Bonchev–Trinajstić information content (AvgIpc) is 2.51. The average molecular weight is 546 g/mol. The summed E-state index contributed by atoms with van der Waals surface area (Å²) in [5, 5.41) is 22.6. The molecule has 0 saturated heterocycles. The van der Waals surface area contributed by atoms with Crippen molar-refractivity contribution in [3.63, 3.8) is 0 Å². The van der Waals surface area contributed by atoms with Gasteiger partial charge in [-0.2, -0.15) is 0 Å². The second-order valence-electron chi connectivity index (χ2n) is 5.83. The Morgan fingerprint density at radius 2 is 1.72 bits per heavy atom. The van der Waals surface area contributed by atoms with Gasteiger partial charge >= 0.3 is 19.8 Å². The molecule has 1 rings (SSSR count). The molecule has 7 heteroatoms. The van der Waals surface area contributed by atoms with Crippen LogP contribution < -0.4 is 11.1 Å². The van der Waals surface area contributed by atoms with Crippen LogP contribution in [-0.2, 0) is 24.6 Å². The largest absolute Gasteiger partial charge is 1.00 e. The van der Waals surface area contributed by atoms with Crippen LogP contribution in [0.25, 0.3) is 0 Å². The first-order chi connectivity index (χ1) is 10.9. The number of benzene rings is 1. The van der Waals surface area contributed by atoms with Crippen LogP contribution in [0, 0.1) is 14.4 Å². The number of carbonyl (C=O) groups excluding carboxylic acids is 1. The summed E-state index contributed by atoms with van der Waals surface area (Å²) >= 11 is 1.42. The first-order valence-corrected chi connectivity index (χ1v) is 8.85. The predicted molar refractivity (Wildman–Crippen MR) is 101 cm³/mol. The molecule has 0 heterocycles. The number of hydrogen-bond donors (Lipinski definition) is 4. The van der Waals surface area contributed by atoms with Gasteiger partial charge in [0.1, 0.15) is 5.44 Å². The normalized spacial score (nSPS) is 13.8. The quantitative estimate of drug-likeness (QED) is 0.206. The predicted octanol–water partition coefficient (Wildman–Crippen LogP) is 2.24. The van der Waals surface area contributed by atoms with Crippen molar-refractivity contribution in [3.8, 4) is 0 Å². The van der Waals surface area contributed by atoms with E-state index in [-0.39, 0.29) is 45.7 Å². The number of hydrogen-bond acceptors (Lipinski definition) is 5. The van der Waals surface area contributed by atoms with E-state index in [1.54, 1.807) is 0 Å². The van der Waals surface area contributed by atoms with Crippen LogP contribution in [0.2, 0.25) is 0 Å². The Kier molecular flexibility index (Phi) is 15.7. The molecule has 3 unspecified atom stereocenters. The second-order valence-corrected chi connectivity index (χ2v) is 7.08. The van der Waals surface area contributed by atoms with E-state index in [2.05, 4.69) is 5.32 Å². The third kappa shape index (κ3) is 12.5. The Balaban J connectivity index is 0. The van der Waals surface area contributed by atoms with Gasteiger partial charge in [-0.25, -0.2) is 0 Å². The molecule has 5 N–H and O–H groups in total. The number of carbonyl (C=O) groups is 1. The second kappa shape index (κ2) is 14.7. The summed E-state index contributed by atoms with van der Waals surface area (Å²) in [6, 6.07) is 7.97. The number of aliphatic hydroxyl groups excluding tert-OH is 2. The molecule has 25 heavy (non-hydrogen) atoms. The zero-order valence-electron chi connectivity index (χ0n) is 15.2. The van der Waals surface area contributed by atoms with E-state index in [4.69, 9.17) is 5.73 Å². The van der Waals surface area contributed by atoms with Crippen molar-refractivity contribution in [2.24, 2.45) is 5.73 Å². The third-order valence-electron chi connectivity index (χ3n) is 3.58. The van der Waals surface area contributed by atoms with Crippen molar-refractivity contribution in [1.82, 2.24) is 5.32 Å². The molecule has 0 fully saturated rings. The molecule has 0 aliphatic heterocycles. The van der Waals surface area contributed by atoms with E-state index in [1.165, 1.54) is 24.2 Å². The van der Waals surface area contributed by atoms with Crippen LogP contribution in [0.15, 0.2) is 29.2 Å². The van der Waals surface area contributed by atoms with E-state index in [0.29, 0.717) is 25.7 Å². The number of nitrogens with one attached hydrogen (secondary N) is 1. The fraction of sp³-hybridized carbons (Fsp3) is 0.556. The monoisotopic (exact) mass is 547 g/mol. The molecule has 0 aromatic heterocycles. The molecule has 1 aromatic carbocycles. The molecular formula is C18H31N2O3OsS. The summed E-state index contributed by atoms with van der Waals surface area (Å²) in [7, 11) is 0. The van der Waals surface area contributed by atoms with Crippen LogP contribution in [-0.4, -0.2) is 40.2 Å². The van der Waals surface area contributed by atoms with Gasteiger partial charge in [0, 0.05) is 24.4 Å². The molecule has 0 bridgehead atoms. The van der Waals surface area contributed by atoms with E-state index < -0.39 is 11.5 Å². The molecule has 145 valence electrons. The number of thioether (sulfide) groups is 1. The Morgan fingerprint density at radius 1 is 1.16 bits per heavy atom. The maximum Gasteiger partial charge on any atom is 1.00 e. The summed E-state index contributed by atoms with van der Waals surface area (Å²) in [6.45, 7) is 3.72. The van der Waals surface area contributed by atoms with Gasteiger partial charge in [0.05, 0.1) is 6.10 Å². The van der Waals surface area contributed by atoms with E-state index in [9.17, 15) is 15.0 Å². The topological polar surface area (TPSA) is 95.6 Å². The van der Waals surface area contributed by atoms with Gasteiger partial charge in [-0.1, -0.05) is 29.5 Å². The van der Waals surface area contributed by atoms with Gasteiger partial charge in [-0.3, -0.25) is 4.79 Å². The molecule has 3 atom stereocenters. The first kappa shape index (κ1) is 26.8. The van der Waals surface area contributed by atoms with Crippen molar-refractivity contribution in [3.05, 3.63) is 37.3 Å². The minimum Gasteiger partial charge on any atom is -0.392 e. The number of aryl methyl sites for hydroxylation is 1. The summed E-state index contributed by atoms with van der Waals surface area (Å²) in [5.41, 5.74) is 6.07. The van der Waals surface area contributed by atoms with Crippen LogP contribution in [0.3, 0.4) is 0 Å². The van der Waals surface area contributed by atoms with Crippen molar-refractivity contribution >= 4 is 17.7 Å². The summed E-state index contributed by atoms with van der Waals surface area (Å²) in [4.78, 5) is 12.3. The molecule has 0 aliphatic rings. The fourth-order valence-corrected chi connectivity index (χ4v) is 3.13. The number of amides is 1. The smallest absolute Gasteiger partial charge is 0.392 e. The molecule has 1 amide bonds. The van der Waals surface area contributed by atoms with E-state index in [1.807, 2.05) is 31.2 Å². The minimum atomic E-state index is -0.543. The van der Waals surface area contributed by atoms with Gasteiger partial charge in [-0.15, -0.1) is 0 Å². The summed E-state index contributed by atoms with van der Waals surface area (Å²) < 4.78 is 0. The Labute approximate surface area is 169 Å². The Morgan fingerprint density at radius 3 is 2.24 bits per heavy atom. The van der Waals surface area contributed by atoms with Crippen molar-refractivity contribution in [1.29, 1.82) is 0 Å². The van der Waals surface area contributed by atoms with Crippen LogP contribution in [0.5, 0.6) is 0 Å². The zero-order valence-corrected chi connectivity index (χ0v) is 18.6. The van der Waals surface area contributed by atoms with E-state index in [0.717, 1.165) is 4.90 Å². The third-order valence-corrected chi connectivity index (χ3v) is 4.64. The van der Waals surface area contributed by atoms with Gasteiger partial charge in [0.25, 0.3) is 0 Å². The number of aliphatic hydroxyl groups is 2. The molecule has 0 saturated carbocycles. The SMILES string of the molecule is CC(=O)NC(CCC(O)CN)CCC(O)Sc1ccc(C)cc1.[CH3-].[Os+]. The van der Waals surface area contributed by atoms with Crippen molar-refractivity contribution < 1.29 is 34.8 Å². The molecular weight excluding hydrogens is 515 g/mol. The molecule has 5 nitrogen and oxygen atoms in total. The Bertz CT molecular complexity index is 474. The fourth-order valence-electron chi connectivity index (χ4n) is 2.26. The molecule has 1 aromatic rings. The van der Waals surface area contributed by atoms with Gasteiger partial charge in [-0.05, 0) is 44.7 Å². The minimum absolute atomic E-state index is 0. The van der Waals surface area contributed by atoms with Crippen LogP contribution >= 0.6 is 11.8 Å². The summed E-state index contributed by atoms with van der Waals surface area (Å²) in [6.07, 6.45) is 1.89. The molecule has 0 aliphatic carbocycles. The van der Waals surface area contributed by atoms with E-state index >= 15 is 0 Å². The standard InChI is InChI=1S/C17H28N2O3S.CH3.Os/c1-12-3-8-16(9-4-12)23-17(22)10-6-14(19-13(2)20)5-7-15(21)11-18;;/h3-4,8-9,14-15,17,21-22H,5-7,10-11,18H2,1-2H3,(H,19,20);1H3;/q;-1;+1. The number of rotatable bonds is 10. The summed E-state index contributed by atoms with van der Waals surface area (Å²) in [5.74, 6) is -0.0992. The Hall–Kier alpha value is -0.444. The van der Waals surface area contributed by atoms with Crippen LogP contribution in [0.1, 0.15) is 38.2 Å². The van der Waals surface area contributed by atoms with Crippen molar-refractivity contribution in [2.75, 3.05) is 6.54 Å². The van der Waals surface area contributed by atoms with Gasteiger partial charge in [0.2, 0.25) is 5.91 Å². The van der Waals surface area contributed by atoms with Crippen LogP contribution in [0.4, 0.5) is 0 Å². The zero-order chi connectivity index (χ0) is 17.2. The van der Waals surface area contributed by atoms with Crippen molar-refractivity contribution in [2.45, 2.75) is 62.0 Å². The maximum absolute atomic E-state index is 11.3. The molecule has 0 spiro atoms. The van der Waals surface area contributed by atoms with Gasteiger partial charge in [0.15, 0.2) is 0 Å². The van der Waals surface area contributed by atoms with Gasteiger partial charge < -0.3 is 28.7 Å².